The summed E-state index contributed by atoms with van der Waals surface area (Å²) >= 11 is 0. The number of rotatable bonds is 3. The molecule has 1 heterocycles. The maximum Gasteiger partial charge on any atom is 0.119 e. The van der Waals surface area contributed by atoms with Gasteiger partial charge in [-0.1, -0.05) is 13.8 Å². The van der Waals surface area contributed by atoms with Crippen LogP contribution in [0.1, 0.15) is 19.5 Å². The monoisotopic (exact) mass is 230 g/mol. The van der Waals surface area contributed by atoms with E-state index in [9.17, 15) is 0 Å². The second-order valence-electron chi connectivity index (χ2n) is 4.83. The van der Waals surface area contributed by atoms with Crippen molar-refractivity contribution in [1.29, 1.82) is 0 Å². The van der Waals surface area contributed by atoms with Gasteiger partial charge in [-0.25, -0.2) is 0 Å². The summed E-state index contributed by atoms with van der Waals surface area (Å²) < 4.78 is 5.23. The van der Waals surface area contributed by atoms with Crippen molar-refractivity contribution in [3.8, 4) is 5.75 Å². The first-order chi connectivity index (χ1) is 8.08. The van der Waals surface area contributed by atoms with Crippen molar-refractivity contribution in [2.24, 2.45) is 5.73 Å². The summed E-state index contributed by atoms with van der Waals surface area (Å²) in [4.78, 5) is 4.48. The Kier molecular flexibility index (Phi) is 3.03. The van der Waals surface area contributed by atoms with Crippen LogP contribution in [0.2, 0.25) is 0 Å². The van der Waals surface area contributed by atoms with E-state index >= 15 is 0 Å². The summed E-state index contributed by atoms with van der Waals surface area (Å²) in [7, 11) is 1.67. The predicted molar refractivity (Wildman–Crippen MR) is 70.4 cm³/mol. The predicted octanol–water partition coefficient (Wildman–Crippen LogP) is 2.48. The SMILES string of the molecule is COc1ccc2c(C(C)(C)CN)nccc2c1. The molecule has 2 N–H and O–H groups in total. The molecule has 0 aliphatic carbocycles. The maximum atomic E-state index is 5.82. The van der Waals surface area contributed by atoms with Crippen LogP contribution in [0.15, 0.2) is 30.5 Å². The highest BCUT2D eigenvalue weighted by Crippen LogP contribution is 2.29. The van der Waals surface area contributed by atoms with Gasteiger partial charge >= 0.3 is 0 Å². The number of fused-ring (bicyclic) bond motifs is 1. The first-order valence-electron chi connectivity index (χ1n) is 5.72. The highest BCUT2D eigenvalue weighted by molar-refractivity contribution is 5.86. The number of methoxy groups -OCH3 is 1. The summed E-state index contributed by atoms with van der Waals surface area (Å²) in [5.41, 5.74) is 6.75. The highest BCUT2D eigenvalue weighted by atomic mass is 16.5. The van der Waals surface area contributed by atoms with Gasteiger partial charge in [-0.05, 0) is 29.7 Å². The van der Waals surface area contributed by atoms with E-state index in [-0.39, 0.29) is 5.41 Å². The fourth-order valence-corrected chi connectivity index (χ4v) is 1.92. The van der Waals surface area contributed by atoms with Crippen molar-refractivity contribution in [3.63, 3.8) is 0 Å². The third-order valence-electron chi connectivity index (χ3n) is 3.12. The molecule has 0 atom stereocenters. The van der Waals surface area contributed by atoms with Crippen LogP contribution in [0.4, 0.5) is 0 Å². The molecule has 3 heteroatoms. The second kappa shape index (κ2) is 4.34. The molecule has 1 aromatic carbocycles. The molecule has 90 valence electrons. The largest absolute Gasteiger partial charge is 0.497 e. The van der Waals surface area contributed by atoms with Crippen LogP contribution in [0.5, 0.6) is 5.75 Å². The van der Waals surface area contributed by atoms with E-state index in [1.165, 1.54) is 0 Å². The topological polar surface area (TPSA) is 48.1 Å². The summed E-state index contributed by atoms with van der Waals surface area (Å²) in [5, 5.41) is 2.28. The molecule has 0 saturated heterocycles. The summed E-state index contributed by atoms with van der Waals surface area (Å²) in [6, 6.07) is 8.02. The normalized spacial score (nSPS) is 11.8. The van der Waals surface area contributed by atoms with Crippen LogP contribution in [-0.4, -0.2) is 18.6 Å². The van der Waals surface area contributed by atoms with Crippen LogP contribution in [0, 0.1) is 0 Å². The number of pyridine rings is 1. The van der Waals surface area contributed by atoms with Crippen molar-refractivity contribution in [2.75, 3.05) is 13.7 Å². The molecular formula is C14H18N2O. The lowest BCUT2D eigenvalue weighted by Crippen LogP contribution is -2.29. The standard InChI is InChI=1S/C14H18N2O/c1-14(2,9-15)13-12-5-4-11(17-3)8-10(12)6-7-16-13/h4-8H,9,15H2,1-3H3. The Balaban J connectivity index is 2.66. The van der Waals surface area contributed by atoms with Gasteiger partial charge in [-0.15, -0.1) is 0 Å². The van der Waals surface area contributed by atoms with Gasteiger partial charge in [0.05, 0.1) is 12.8 Å². The van der Waals surface area contributed by atoms with Gasteiger partial charge in [0.15, 0.2) is 0 Å². The van der Waals surface area contributed by atoms with Gasteiger partial charge in [0.1, 0.15) is 5.75 Å². The summed E-state index contributed by atoms with van der Waals surface area (Å²) in [6.07, 6.45) is 1.83. The van der Waals surface area contributed by atoms with Gasteiger partial charge in [0, 0.05) is 23.5 Å². The number of hydrogen-bond donors (Lipinski definition) is 1. The van der Waals surface area contributed by atoms with Crippen molar-refractivity contribution < 1.29 is 4.74 Å². The summed E-state index contributed by atoms with van der Waals surface area (Å²) in [6.45, 7) is 4.79. The number of benzene rings is 1. The quantitative estimate of drug-likeness (QED) is 0.881. The van der Waals surface area contributed by atoms with Gasteiger partial charge in [0.2, 0.25) is 0 Å². The summed E-state index contributed by atoms with van der Waals surface area (Å²) in [5.74, 6) is 0.861. The van der Waals surface area contributed by atoms with Crippen LogP contribution in [0.25, 0.3) is 10.8 Å². The molecule has 0 amide bonds. The highest BCUT2D eigenvalue weighted by Gasteiger charge is 2.22. The molecule has 0 saturated carbocycles. The van der Waals surface area contributed by atoms with E-state index in [2.05, 4.69) is 18.8 Å². The van der Waals surface area contributed by atoms with Crippen molar-refractivity contribution in [2.45, 2.75) is 19.3 Å². The molecule has 2 aromatic rings. The Morgan fingerprint density at radius 2 is 2.06 bits per heavy atom. The first-order valence-corrected chi connectivity index (χ1v) is 5.72. The minimum absolute atomic E-state index is 0.117. The lowest BCUT2D eigenvalue weighted by molar-refractivity contribution is 0.415. The molecule has 0 spiro atoms. The molecule has 0 aliphatic rings. The van der Waals surface area contributed by atoms with Crippen molar-refractivity contribution >= 4 is 10.8 Å². The zero-order chi connectivity index (χ0) is 12.5. The van der Waals surface area contributed by atoms with E-state index in [4.69, 9.17) is 10.5 Å². The molecule has 0 unspecified atom stereocenters. The number of hydrogen-bond acceptors (Lipinski definition) is 3. The van der Waals surface area contributed by atoms with E-state index < -0.39 is 0 Å². The average molecular weight is 230 g/mol. The minimum atomic E-state index is -0.117. The molecule has 2 rings (SSSR count). The first kappa shape index (κ1) is 11.9. The Labute approximate surface area is 102 Å². The zero-order valence-electron chi connectivity index (χ0n) is 10.5. The van der Waals surface area contributed by atoms with Crippen LogP contribution >= 0.6 is 0 Å². The van der Waals surface area contributed by atoms with Crippen molar-refractivity contribution in [1.82, 2.24) is 4.98 Å². The lowest BCUT2D eigenvalue weighted by Gasteiger charge is -2.23. The van der Waals surface area contributed by atoms with E-state index in [0.29, 0.717) is 6.54 Å². The maximum absolute atomic E-state index is 5.82. The Morgan fingerprint density at radius 1 is 1.29 bits per heavy atom. The molecule has 3 nitrogen and oxygen atoms in total. The van der Waals surface area contributed by atoms with Crippen LogP contribution < -0.4 is 10.5 Å². The van der Waals surface area contributed by atoms with E-state index in [0.717, 1.165) is 22.2 Å². The smallest absolute Gasteiger partial charge is 0.119 e. The van der Waals surface area contributed by atoms with Crippen LogP contribution in [-0.2, 0) is 5.41 Å². The number of ether oxygens (including phenoxy) is 1. The molecular weight excluding hydrogens is 212 g/mol. The molecule has 17 heavy (non-hydrogen) atoms. The third-order valence-corrected chi connectivity index (χ3v) is 3.12. The van der Waals surface area contributed by atoms with Crippen LogP contribution in [0.3, 0.4) is 0 Å². The van der Waals surface area contributed by atoms with Gasteiger partial charge < -0.3 is 10.5 Å². The number of aromatic nitrogens is 1. The Bertz CT molecular complexity index is 535. The van der Waals surface area contributed by atoms with E-state index in [1.54, 1.807) is 7.11 Å². The lowest BCUT2D eigenvalue weighted by atomic mass is 9.86. The molecule has 1 aromatic heterocycles. The molecule has 0 radical (unpaired) electrons. The fourth-order valence-electron chi connectivity index (χ4n) is 1.92. The van der Waals surface area contributed by atoms with E-state index in [1.807, 2.05) is 30.5 Å². The molecule has 0 fully saturated rings. The average Bonchev–Trinajstić information content (AvgIpc) is 2.37. The number of nitrogens with zero attached hydrogens (tertiary/aromatic N) is 1. The van der Waals surface area contributed by atoms with Gasteiger partial charge in [0.25, 0.3) is 0 Å². The molecule has 0 aliphatic heterocycles. The Hall–Kier alpha value is -1.61. The van der Waals surface area contributed by atoms with Crippen molar-refractivity contribution in [3.05, 3.63) is 36.2 Å². The van der Waals surface area contributed by atoms with Gasteiger partial charge in [-0.2, -0.15) is 0 Å². The minimum Gasteiger partial charge on any atom is -0.497 e. The number of nitrogens with two attached hydrogens (primary N) is 1. The fraction of sp³-hybridized carbons (Fsp3) is 0.357. The Morgan fingerprint density at radius 3 is 2.71 bits per heavy atom. The zero-order valence-corrected chi connectivity index (χ0v) is 10.5. The van der Waals surface area contributed by atoms with Gasteiger partial charge in [-0.3, -0.25) is 4.98 Å². The third kappa shape index (κ3) is 2.11. The second-order valence-corrected chi connectivity index (χ2v) is 4.83. The molecule has 0 bridgehead atoms.